The summed E-state index contributed by atoms with van der Waals surface area (Å²) >= 11 is 0. The Kier molecular flexibility index (Phi) is 3.32. The fourth-order valence-corrected chi connectivity index (χ4v) is 2.93. The van der Waals surface area contributed by atoms with Crippen molar-refractivity contribution in [1.82, 2.24) is 0 Å². The third kappa shape index (κ3) is 2.78. The highest BCUT2D eigenvalue weighted by Gasteiger charge is 2.11. The van der Waals surface area contributed by atoms with Gasteiger partial charge in [0.05, 0.1) is 0 Å². The normalized spacial score (nSPS) is 10.5. The Hall–Kier alpha value is -1.38. The Morgan fingerprint density at radius 2 is 1.33 bits per heavy atom. The van der Waals surface area contributed by atoms with E-state index in [1.54, 1.807) is 0 Å². The summed E-state index contributed by atoms with van der Waals surface area (Å²) in [5.41, 5.74) is 1.21. The van der Waals surface area contributed by atoms with Gasteiger partial charge in [-0.2, -0.15) is 0 Å². The van der Waals surface area contributed by atoms with Crippen molar-refractivity contribution < 1.29 is 4.80 Å². The van der Waals surface area contributed by atoms with Crippen molar-refractivity contribution in [3.8, 4) is 0 Å². The maximum atomic E-state index is 10.1. The molecule has 2 aromatic rings. The highest BCUT2D eigenvalue weighted by molar-refractivity contribution is 6.65. The molecule has 1 N–H and O–H groups in total. The van der Waals surface area contributed by atoms with Crippen molar-refractivity contribution in [2.45, 2.75) is 6.04 Å². The van der Waals surface area contributed by atoms with Crippen LogP contribution in [0.15, 0.2) is 60.7 Å². The molecule has 0 amide bonds. The predicted molar refractivity (Wildman–Crippen MR) is 64.2 cm³/mol. The van der Waals surface area contributed by atoms with E-state index in [2.05, 4.69) is 12.1 Å². The minimum absolute atomic E-state index is 0.773. The summed E-state index contributed by atoms with van der Waals surface area (Å²) in [7, 11) is -1.42. The summed E-state index contributed by atoms with van der Waals surface area (Å²) in [5, 5.41) is 1.08. The first kappa shape index (κ1) is 10.1. The zero-order chi connectivity index (χ0) is 10.5. The van der Waals surface area contributed by atoms with E-state index in [0.717, 1.165) is 11.2 Å². The molecule has 0 heterocycles. The SMILES string of the molecule is O[Si](Cc1ccccc1)c1ccccc1. The second kappa shape index (κ2) is 4.91. The predicted octanol–water partition coefficient (Wildman–Crippen LogP) is 1.66. The maximum absolute atomic E-state index is 10.1. The summed E-state index contributed by atoms with van der Waals surface area (Å²) in [6.07, 6.45) is 0. The molecule has 0 unspecified atom stereocenters. The van der Waals surface area contributed by atoms with E-state index in [1.807, 2.05) is 48.5 Å². The topological polar surface area (TPSA) is 20.2 Å². The summed E-state index contributed by atoms with van der Waals surface area (Å²) < 4.78 is 0. The van der Waals surface area contributed by atoms with Gasteiger partial charge < -0.3 is 4.80 Å². The van der Waals surface area contributed by atoms with E-state index in [4.69, 9.17) is 0 Å². The van der Waals surface area contributed by atoms with Crippen LogP contribution in [0, 0.1) is 0 Å². The van der Waals surface area contributed by atoms with Crippen LogP contribution in [-0.2, 0) is 6.04 Å². The Labute approximate surface area is 91.7 Å². The molecule has 0 aliphatic heterocycles. The van der Waals surface area contributed by atoms with Gasteiger partial charge in [-0.25, -0.2) is 0 Å². The van der Waals surface area contributed by atoms with Gasteiger partial charge in [-0.1, -0.05) is 60.7 Å². The molecular weight excluding hydrogens is 200 g/mol. The molecule has 0 aliphatic carbocycles. The smallest absolute Gasteiger partial charge is 0.247 e. The van der Waals surface area contributed by atoms with Gasteiger partial charge in [-0.3, -0.25) is 0 Å². The molecule has 2 aromatic carbocycles. The van der Waals surface area contributed by atoms with E-state index >= 15 is 0 Å². The van der Waals surface area contributed by atoms with Crippen LogP contribution < -0.4 is 5.19 Å². The second-order valence-corrected chi connectivity index (χ2v) is 5.30. The van der Waals surface area contributed by atoms with Gasteiger partial charge in [0.15, 0.2) is 0 Å². The van der Waals surface area contributed by atoms with Gasteiger partial charge in [-0.05, 0) is 16.8 Å². The lowest BCUT2D eigenvalue weighted by atomic mass is 10.2. The van der Waals surface area contributed by atoms with Crippen LogP contribution in [0.1, 0.15) is 5.56 Å². The summed E-state index contributed by atoms with van der Waals surface area (Å²) in [6, 6.07) is 20.8. The van der Waals surface area contributed by atoms with Crippen LogP contribution in [-0.4, -0.2) is 13.8 Å². The van der Waals surface area contributed by atoms with Gasteiger partial charge in [0.25, 0.3) is 0 Å². The highest BCUT2D eigenvalue weighted by atomic mass is 28.3. The molecular formula is C13H13OSi. The van der Waals surface area contributed by atoms with Crippen molar-refractivity contribution in [1.29, 1.82) is 0 Å². The summed E-state index contributed by atoms with van der Waals surface area (Å²) in [4.78, 5) is 10.1. The van der Waals surface area contributed by atoms with Crippen molar-refractivity contribution in [2.24, 2.45) is 0 Å². The molecule has 0 spiro atoms. The Balaban J connectivity index is 2.08. The molecule has 1 nitrogen and oxygen atoms in total. The number of rotatable bonds is 3. The second-order valence-electron chi connectivity index (χ2n) is 3.48. The van der Waals surface area contributed by atoms with Gasteiger partial charge in [-0.15, -0.1) is 0 Å². The number of hydrogen-bond donors (Lipinski definition) is 1. The molecule has 0 saturated heterocycles. The molecule has 0 aliphatic rings. The molecule has 15 heavy (non-hydrogen) atoms. The van der Waals surface area contributed by atoms with Crippen LogP contribution in [0.2, 0.25) is 0 Å². The molecule has 75 valence electrons. The fourth-order valence-electron chi connectivity index (χ4n) is 1.52. The van der Waals surface area contributed by atoms with E-state index in [9.17, 15) is 4.80 Å². The first-order chi connectivity index (χ1) is 7.36. The lowest BCUT2D eigenvalue weighted by Crippen LogP contribution is -2.32. The molecule has 2 rings (SSSR count). The molecule has 0 aromatic heterocycles. The van der Waals surface area contributed by atoms with Crippen molar-refractivity contribution in [3.63, 3.8) is 0 Å². The Morgan fingerprint density at radius 3 is 1.93 bits per heavy atom. The van der Waals surface area contributed by atoms with E-state index in [0.29, 0.717) is 0 Å². The first-order valence-electron chi connectivity index (χ1n) is 5.00. The van der Waals surface area contributed by atoms with Crippen molar-refractivity contribution in [3.05, 3.63) is 66.2 Å². The van der Waals surface area contributed by atoms with Crippen molar-refractivity contribution in [2.75, 3.05) is 0 Å². The fraction of sp³-hybridized carbons (Fsp3) is 0.0769. The molecule has 0 saturated carbocycles. The molecule has 0 atom stereocenters. The standard InChI is InChI=1S/C13H13OSi/c14-15(13-9-5-2-6-10-13)11-12-7-3-1-4-8-12/h1-10,14H,11H2. The Bertz CT molecular complexity index is 399. The van der Waals surface area contributed by atoms with Crippen LogP contribution in [0.4, 0.5) is 0 Å². The molecule has 1 radical (unpaired) electrons. The number of benzene rings is 2. The lowest BCUT2D eigenvalue weighted by molar-refractivity contribution is 0.584. The van der Waals surface area contributed by atoms with E-state index < -0.39 is 9.04 Å². The largest absolute Gasteiger partial charge is 0.427 e. The van der Waals surface area contributed by atoms with Gasteiger partial charge in [0.2, 0.25) is 9.04 Å². The van der Waals surface area contributed by atoms with Gasteiger partial charge in [0, 0.05) is 0 Å². The lowest BCUT2D eigenvalue weighted by Gasteiger charge is -2.07. The van der Waals surface area contributed by atoms with Crippen LogP contribution in [0.25, 0.3) is 0 Å². The van der Waals surface area contributed by atoms with Crippen LogP contribution in [0.5, 0.6) is 0 Å². The van der Waals surface area contributed by atoms with Crippen molar-refractivity contribution >= 4 is 14.2 Å². The number of hydrogen-bond acceptors (Lipinski definition) is 1. The Morgan fingerprint density at radius 1 is 0.800 bits per heavy atom. The summed E-state index contributed by atoms with van der Waals surface area (Å²) in [6.45, 7) is 0. The quantitative estimate of drug-likeness (QED) is 0.769. The van der Waals surface area contributed by atoms with Crippen LogP contribution in [0.3, 0.4) is 0 Å². The monoisotopic (exact) mass is 213 g/mol. The minimum atomic E-state index is -1.42. The van der Waals surface area contributed by atoms with Crippen LogP contribution >= 0.6 is 0 Å². The third-order valence-corrected chi connectivity index (χ3v) is 4.06. The zero-order valence-corrected chi connectivity index (χ0v) is 9.43. The summed E-state index contributed by atoms with van der Waals surface area (Å²) in [5.74, 6) is 0. The zero-order valence-electron chi connectivity index (χ0n) is 8.43. The average Bonchev–Trinajstić information content (AvgIpc) is 2.31. The molecule has 0 bridgehead atoms. The van der Waals surface area contributed by atoms with E-state index in [-0.39, 0.29) is 0 Å². The first-order valence-corrected chi connectivity index (χ1v) is 6.66. The minimum Gasteiger partial charge on any atom is -0.427 e. The third-order valence-electron chi connectivity index (χ3n) is 2.32. The highest BCUT2D eigenvalue weighted by Crippen LogP contribution is 2.01. The molecule has 2 heteroatoms. The molecule has 0 fully saturated rings. The average molecular weight is 213 g/mol. The van der Waals surface area contributed by atoms with E-state index in [1.165, 1.54) is 5.56 Å². The maximum Gasteiger partial charge on any atom is 0.247 e. The van der Waals surface area contributed by atoms with Gasteiger partial charge in [0.1, 0.15) is 0 Å². The van der Waals surface area contributed by atoms with Gasteiger partial charge >= 0.3 is 0 Å².